The molecule has 0 bridgehead atoms. The van der Waals surface area contributed by atoms with E-state index in [2.05, 4.69) is 10.3 Å². The normalized spacial score (nSPS) is 13.8. The van der Waals surface area contributed by atoms with Crippen LogP contribution < -0.4 is 5.32 Å². The number of rotatable bonds is 7. The molecule has 1 aromatic heterocycles. The minimum atomic E-state index is -0.389. The van der Waals surface area contributed by atoms with Gasteiger partial charge in [0.1, 0.15) is 5.82 Å². The molecule has 1 fully saturated rings. The Kier molecular flexibility index (Phi) is 5.17. The Morgan fingerprint density at radius 1 is 1.33 bits per heavy atom. The summed E-state index contributed by atoms with van der Waals surface area (Å²) < 4.78 is 19.4. The van der Waals surface area contributed by atoms with Crippen LogP contribution in [0.2, 0.25) is 0 Å². The lowest BCUT2D eigenvalue weighted by Crippen LogP contribution is -2.14. The molecular weight excluding hydrogens is 311 g/mol. The Labute approximate surface area is 139 Å². The number of ether oxygens (including phenoxy) is 1. The topological polar surface area (TPSA) is 71.5 Å². The highest BCUT2D eigenvalue weighted by atomic mass is 19.1. The molecule has 24 heavy (non-hydrogen) atoms. The number of hydrogen-bond acceptors (Lipinski definition) is 4. The third-order valence-electron chi connectivity index (χ3n) is 3.95. The first-order valence-electron chi connectivity index (χ1n) is 7.88. The van der Waals surface area contributed by atoms with Crippen molar-refractivity contribution in [3.8, 4) is 0 Å². The maximum Gasteiger partial charge on any atom is 0.255 e. The molecule has 126 valence electrons. The van der Waals surface area contributed by atoms with Crippen molar-refractivity contribution in [3.63, 3.8) is 0 Å². The molecule has 1 heterocycles. The first-order chi connectivity index (χ1) is 11.7. The van der Waals surface area contributed by atoms with Crippen LogP contribution in [0.15, 0.2) is 36.7 Å². The van der Waals surface area contributed by atoms with Gasteiger partial charge in [0, 0.05) is 29.5 Å². The smallest absolute Gasteiger partial charge is 0.255 e. The maximum atomic E-state index is 13.9. The van der Waals surface area contributed by atoms with E-state index >= 15 is 0 Å². The average Bonchev–Trinajstić information content (AvgIpc) is 3.41. The van der Waals surface area contributed by atoms with Gasteiger partial charge in [-0.1, -0.05) is 0 Å². The molecule has 0 atom stereocenters. The number of amides is 1. The van der Waals surface area contributed by atoms with Crippen LogP contribution in [-0.4, -0.2) is 22.6 Å². The highest BCUT2D eigenvalue weighted by Gasteiger charge is 2.21. The number of aromatic nitrogens is 1. The number of aliphatic hydroxyl groups excluding tert-OH is 1. The van der Waals surface area contributed by atoms with E-state index in [1.165, 1.54) is 43.4 Å². The van der Waals surface area contributed by atoms with Gasteiger partial charge in [-0.15, -0.1) is 0 Å². The van der Waals surface area contributed by atoms with E-state index in [9.17, 15) is 14.3 Å². The van der Waals surface area contributed by atoms with Gasteiger partial charge in [0.15, 0.2) is 0 Å². The lowest BCUT2D eigenvalue weighted by Gasteiger charge is -2.10. The Morgan fingerprint density at radius 2 is 2.17 bits per heavy atom. The summed E-state index contributed by atoms with van der Waals surface area (Å²) in [5.74, 6) is -0.178. The Balaban J connectivity index is 1.69. The zero-order valence-electron chi connectivity index (χ0n) is 13.2. The number of carbonyl (C=O) groups excluding carboxylic acids is 1. The molecule has 1 aliphatic carbocycles. The van der Waals surface area contributed by atoms with Gasteiger partial charge in [0.05, 0.1) is 25.1 Å². The Bertz CT molecular complexity index is 732. The highest BCUT2D eigenvalue weighted by molar-refractivity contribution is 6.04. The summed E-state index contributed by atoms with van der Waals surface area (Å²) in [6.45, 7) is 0.575. The fourth-order valence-corrected chi connectivity index (χ4v) is 2.31. The summed E-state index contributed by atoms with van der Waals surface area (Å²) in [4.78, 5) is 16.3. The lowest BCUT2D eigenvalue weighted by atomic mass is 10.1. The molecule has 5 nitrogen and oxygen atoms in total. The number of anilines is 1. The molecule has 2 aromatic rings. The van der Waals surface area contributed by atoms with E-state index in [4.69, 9.17) is 4.74 Å². The minimum Gasteiger partial charge on any atom is -0.392 e. The summed E-state index contributed by atoms with van der Waals surface area (Å²) in [5, 5.41) is 12.0. The number of pyridine rings is 1. The van der Waals surface area contributed by atoms with Crippen LogP contribution >= 0.6 is 0 Å². The molecule has 1 amide bonds. The molecule has 2 N–H and O–H groups in total. The molecular formula is C18H19FN2O3. The fourth-order valence-electron chi connectivity index (χ4n) is 2.31. The molecule has 0 radical (unpaired) electrons. The van der Waals surface area contributed by atoms with Crippen molar-refractivity contribution in [2.75, 3.05) is 11.9 Å². The second-order valence-electron chi connectivity index (χ2n) is 5.91. The zero-order chi connectivity index (χ0) is 16.9. The predicted octanol–water partition coefficient (Wildman–Crippen LogP) is 2.89. The molecule has 0 aliphatic heterocycles. The van der Waals surface area contributed by atoms with E-state index in [1.807, 2.05) is 0 Å². The third-order valence-corrected chi connectivity index (χ3v) is 3.95. The van der Waals surface area contributed by atoms with Gasteiger partial charge in [-0.25, -0.2) is 4.39 Å². The number of carbonyl (C=O) groups is 1. The van der Waals surface area contributed by atoms with Crippen LogP contribution in [0.4, 0.5) is 10.1 Å². The summed E-state index contributed by atoms with van der Waals surface area (Å²) in [7, 11) is 0. The number of halogens is 1. The minimum absolute atomic E-state index is 0.151. The quantitative estimate of drug-likeness (QED) is 0.819. The van der Waals surface area contributed by atoms with Crippen LogP contribution in [-0.2, 0) is 18.0 Å². The zero-order valence-corrected chi connectivity index (χ0v) is 13.2. The Morgan fingerprint density at radius 3 is 2.92 bits per heavy atom. The van der Waals surface area contributed by atoms with Crippen molar-refractivity contribution in [1.82, 2.24) is 4.98 Å². The molecule has 0 spiro atoms. The third kappa shape index (κ3) is 4.15. The van der Waals surface area contributed by atoms with Crippen LogP contribution in [0.3, 0.4) is 0 Å². The number of aliphatic hydroxyl groups is 1. The lowest BCUT2D eigenvalue weighted by molar-refractivity contribution is 0.102. The second kappa shape index (κ2) is 7.51. The van der Waals surface area contributed by atoms with E-state index in [0.717, 1.165) is 0 Å². The number of benzene rings is 1. The summed E-state index contributed by atoms with van der Waals surface area (Å²) in [6, 6.07) is 5.80. The first-order valence-corrected chi connectivity index (χ1v) is 7.88. The van der Waals surface area contributed by atoms with Crippen molar-refractivity contribution in [1.29, 1.82) is 0 Å². The van der Waals surface area contributed by atoms with E-state index < -0.39 is 0 Å². The van der Waals surface area contributed by atoms with Crippen molar-refractivity contribution in [3.05, 3.63) is 59.2 Å². The number of nitrogens with zero attached hydrogens (tertiary/aromatic N) is 1. The van der Waals surface area contributed by atoms with Gasteiger partial charge >= 0.3 is 0 Å². The van der Waals surface area contributed by atoms with Crippen LogP contribution in [0, 0.1) is 11.7 Å². The average molecular weight is 330 g/mol. The molecule has 6 heteroatoms. The summed E-state index contributed by atoms with van der Waals surface area (Å²) in [5.41, 5.74) is 1.68. The maximum absolute atomic E-state index is 13.9. The molecule has 0 saturated heterocycles. The molecule has 1 aliphatic rings. The van der Waals surface area contributed by atoms with E-state index in [1.54, 1.807) is 6.07 Å². The van der Waals surface area contributed by atoms with Crippen molar-refractivity contribution in [2.45, 2.75) is 26.1 Å². The summed E-state index contributed by atoms with van der Waals surface area (Å²) >= 11 is 0. The second-order valence-corrected chi connectivity index (χ2v) is 5.91. The molecule has 1 saturated carbocycles. The molecule has 3 rings (SSSR count). The van der Waals surface area contributed by atoms with Gasteiger partial charge < -0.3 is 15.2 Å². The Hall–Kier alpha value is -2.31. The van der Waals surface area contributed by atoms with Crippen LogP contribution in [0.5, 0.6) is 0 Å². The van der Waals surface area contributed by atoms with Crippen molar-refractivity contribution < 1.29 is 19.0 Å². The van der Waals surface area contributed by atoms with Gasteiger partial charge in [-0.05, 0) is 43.0 Å². The molecule has 0 unspecified atom stereocenters. The van der Waals surface area contributed by atoms with Gasteiger partial charge in [0.2, 0.25) is 0 Å². The monoisotopic (exact) mass is 330 g/mol. The van der Waals surface area contributed by atoms with E-state index in [-0.39, 0.29) is 24.9 Å². The number of nitrogens with one attached hydrogen (secondary N) is 1. The van der Waals surface area contributed by atoms with Gasteiger partial charge in [-0.2, -0.15) is 0 Å². The van der Waals surface area contributed by atoms with Crippen LogP contribution in [0.25, 0.3) is 0 Å². The highest BCUT2D eigenvalue weighted by Crippen LogP contribution is 2.29. The van der Waals surface area contributed by atoms with E-state index in [0.29, 0.717) is 34.9 Å². The first kappa shape index (κ1) is 16.5. The molecule has 1 aromatic carbocycles. The van der Waals surface area contributed by atoms with Gasteiger partial charge in [-0.3, -0.25) is 9.78 Å². The largest absolute Gasteiger partial charge is 0.392 e. The van der Waals surface area contributed by atoms with Crippen molar-refractivity contribution in [2.24, 2.45) is 5.92 Å². The van der Waals surface area contributed by atoms with Gasteiger partial charge in [0.25, 0.3) is 5.91 Å². The summed E-state index contributed by atoms with van der Waals surface area (Å²) in [6.07, 6.45) is 5.34. The van der Waals surface area contributed by atoms with Crippen LogP contribution in [0.1, 0.15) is 34.3 Å². The fraction of sp³-hybridized carbons (Fsp3) is 0.333. The number of hydrogen-bond donors (Lipinski definition) is 2. The standard InChI is InChI=1S/C18H19FN2O3/c19-16-4-3-13(7-15(16)11-24-10-12-1-2-12)18(23)21-17-8-20-6-5-14(17)9-22/h3-8,12,22H,1-2,9-11H2,(H,21,23). The van der Waals surface area contributed by atoms with Crippen molar-refractivity contribution >= 4 is 11.6 Å². The SMILES string of the molecule is O=C(Nc1cnccc1CO)c1ccc(F)c(COCC2CC2)c1. The predicted molar refractivity (Wildman–Crippen MR) is 86.9 cm³/mol.